The van der Waals surface area contributed by atoms with E-state index in [9.17, 15) is 14.4 Å². The first-order valence-electron chi connectivity index (χ1n) is 29.1. The number of rotatable bonds is 53. The van der Waals surface area contributed by atoms with Crippen molar-refractivity contribution < 1.29 is 28.6 Å². The molecule has 0 rings (SSSR count). The number of allylic oxidation sites excluding steroid dienone is 8. The lowest BCUT2D eigenvalue weighted by molar-refractivity contribution is -0.167. The lowest BCUT2D eigenvalue weighted by Gasteiger charge is -2.18. The molecule has 0 aromatic carbocycles. The Morgan fingerprint density at radius 3 is 0.940 bits per heavy atom. The van der Waals surface area contributed by atoms with E-state index in [0.717, 1.165) is 96.3 Å². The number of carbonyl (C=O) groups excluding carboxylic acids is 3. The molecule has 0 radical (unpaired) electrons. The third kappa shape index (κ3) is 54.2. The zero-order valence-corrected chi connectivity index (χ0v) is 44.7. The molecule has 0 saturated carbocycles. The fourth-order valence-corrected chi connectivity index (χ4v) is 8.34. The van der Waals surface area contributed by atoms with Crippen molar-refractivity contribution in [2.75, 3.05) is 13.2 Å². The van der Waals surface area contributed by atoms with Crippen molar-refractivity contribution in [1.82, 2.24) is 0 Å². The van der Waals surface area contributed by atoms with Crippen LogP contribution in [0.1, 0.15) is 303 Å². The van der Waals surface area contributed by atoms with Gasteiger partial charge >= 0.3 is 17.9 Å². The van der Waals surface area contributed by atoms with Crippen LogP contribution in [0.5, 0.6) is 0 Å². The van der Waals surface area contributed by atoms with E-state index in [-0.39, 0.29) is 31.1 Å². The molecular formula is C61H110O6. The molecule has 1 unspecified atom stereocenters. The number of hydrogen-bond donors (Lipinski definition) is 0. The van der Waals surface area contributed by atoms with Crippen LogP contribution in [-0.2, 0) is 28.6 Å². The van der Waals surface area contributed by atoms with Gasteiger partial charge in [0.15, 0.2) is 6.10 Å². The van der Waals surface area contributed by atoms with Gasteiger partial charge < -0.3 is 14.2 Å². The third-order valence-corrected chi connectivity index (χ3v) is 12.8. The number of carbonyl (C=O) groups is 3. The summed E-state index contributed by atoms with van der Waals surface area (Å²) < 4.78 is 16.8. The first kappa shape index (κ1) is 64.4. The Hall–Kier alpha value is -2.63. The van der Waals surface area contributed by atoms with Crippen LogP contribution in [0.15, 0.2) is 48.6 Å². The summed E-state index contributed by atoms with van der Waals surface area (Å²) in [6.45, 7) is 6.54. The second-order valence-electron chi connectivity index (χ2n) is 19.5. The maximum atomic E-state index is 12.8. The Balaban J connectivity index is 4.20. The number of unbranched alkanes of at least 4 members (excludes halogenated alkanes) is 34. The van der Waals surface area contributed by atoms with E-state index < -0.39 is 6.10 Å². The van der Waals surface area contributed by atoms with Gasteiger partial charge in [-0.2, -0.15) is 0 Å². The van der Waals surface area contributed by atoms with Crippen molar-refractivity contribution in [2.24, 2.45) is 0 Å². The van der Waals surface area contributed by atoms with Crippen LogP contribution in [-0.4, -0.2) is 37.2 Å². The van der Waals surface area contributed by atoms with E-state index >= 15 is 0 Å². The van der Waals surface area contributed by atoms with Crippen LogP contribution in [0.25, 0.3) is 0 Å². The number of ether oxygens (including phenoxy) is 3. The van der Waals surface area contributed by atoms with Gasteiger partial charge in [-0.25, -0.2) is 0 Å². The summed E-state index contributed by atoms with van der Waals surface area (Å²) in [5.74, 6) is -0.894. The van der Waals surface area contributed by atoms with Gasteiger partial charge in [0.2, 0.25) is 0 Å². The van der Waals surface area contributed by atoms with Crippen LogP contribution < -0.4 is 0 Å². The minimum Gasteiger partial charge on any atom is -0.462 e. The Morgan fingerprint density at radius 1 is 0.299 bits per heavy atom. The van der Waals surface area contributed by atoms with Crippen molar-refractivity contribution in [3.8, 4) is 0 Å². The zero-order chi connectivity index (χ0) is 48.6. The van der Waals surface area contributed by atoms with Gasteiger partial charge in [-0.1, -0.05) is 243 Å². The summed E-state index contributed by atoms with van der Waals surface area (Å²) in [5.41, 5.74) is 0. The molecule has 1 atom stereocenters. The summed E-state index contributed by atoms with van der Waals surface area (Å²) >= 11 is 0. The predicted octanol–water partition coefficient (Wildman–Crippen LogP) is 19.4. The largest absolute Gasteiger partial charge is 0.462 e. The number of esters is 3. The number of hydrogen-bond acceptors (Lipinski definition) is 6. The Bertz CT molecular complexity index is 1170. The van der Waals surface area contributed by atoms with Crippen LogP contribution in [0.3, 0.4) is 0 Å². The molecule has 67 heavy (non-hydrogen) atoms. The second kappa shape index (κ2) is 56.0. The molecule has 0 aromatic heterocycles. The highest BCUT2D eigenvalue weighted by Gasteiger charge is 2.19. The second-order valence-corrected chi connectivity index (χ2v) is 19.5. The fourth-order valence-electron chi connectivity index (χ4n) is 8.34. The normalized spacial score (nSPS) is 12.3. The van der Waals surface area contributed by atoms with Gasteiger partial charge in [-0.3, -0.25) is 14.4 Å². The summed E-state index contributed by atoms with van der Waals surface area (Å²) in [6, 6.07) is 0. The summed E-state index contributed by atoms with van der Waals surface area (Å²) in [7, 11) is 0. The van der Waals surface area contributed by atoms with Gasteiger partial charge in [0.1, 0.15) is 13.2 Å². The molecule has 0 fully saturated rings. The van der Waals surface area contributed by atoms with Gasteiger partial charge in [0.25, 0.3) is 0 Å². The van der Waals surface area contributed by atoms with Crippen LogP contribution in [0.4, 0.5) is 0 Å². The first-order chi connectivity index (χ1) is 33.0. The van der Waals surface area contributed by atoms with Crippen LogP contribution in [0, 0.1) is 0 Å². The fraction of sp³-hybridized carbons (Fsp3) is 0.820. The standard InChI is InChI=1S/C61H110O6/c1-4-7-10-13-16-19-22-24-25-26-27-28-29-30-31-32-33-34-35-37-39-42-45-48-51-54-60(63)66-57-58(56-65-59(62)53-50-47-44-41-38-21-18-15-12-9-6-3)67-61(64)55-52-49-46-43-40-36-23-20-17-14-11-8-5-2/h11,14-15,18,20,23,26-27,58H,4-10,12-13,16-17,19,21-22,24-25,28-57H2,1-3H3/b14-11-,18-15-,23-20-,27-26-. The maximum absolute atomic E-state index is 12.8. The van der Waals surface area contributed by atoms with E-state index in [1.54, 1.807) is 0 Å². The monoisotopic (exact) mass is 939 g/mol. The molecule has 0 aromatic rings. The molecule has 0 N–H and O–H groups in total. The Labute approximate surface area is 416 Å². The average molecular weight is 940 g/mol. The van der Waals surface area contributed by atoms with E-state index in [4.69, 9.17) is 14.2 Å². The molecule has 0 spiro atoms. The molecule has 0 aliphatic rings. The lowest BCUT2D eigenvalue weighted by Crippen LogP contribution is -2.30. The Morgan fingerprint density at radius 2 is 0.582 bits per heavy atom. The summed E-state index contributed by atoms with van der Waals surface area (Å²) in [4.78, 5) is 38.0. The maximum Gasteiger partial charge on any atom is 0.306 e. The van der Waals surface area contributed by atoms with Crippen molar-refractivity contribution >= 4 is 17.9 Å². The highest BCUT2D eigenvalue weighted by molar-refractivity contribution is 5.71. The summed E-state index contributed by atoms with van der Waals surface area (Å²) in [6.07, 6.45) is 68.3. The van der Waals surface area contributed by atoms with Gasteiger partial charge in [0, 0.05) is 19.3 Å². The van der Waals surface area contributed by atoms with Crippen molar-refractivity contribution in [3.05, 3.63) is 48.6 Å². The van der Waals surface area contributed by atoms with E-state index in [2.05, 4.69) is 69.4 Å². The predicted molar refractivity (Wildman–Crippen MR) is 289 cm³/mol. The van der Waals surface area contributed by atoms with Crippen molar-refractivity contribution in [3.63, 3.8) is 0 Å². The van der Waals surface area contributed by atoms with Crippen LogP contribution in [0.2, 0.25) is 0 Å². The van der Waals surface area contributed by atoms with E-state index in [1.165, 1.54) is 167 Å². The average Bonchev–Trinajstić information content (AvgIpc) is 3.33. The zero-order valence-electron chi connectivity index (χ0n) is 44.7. The molecule has 390 valence electrons. The van der Waals surface area contributed by atoms with Crippen molar-refractivity contribution in [2.45, 2.75) is 309 Å². The highest BCUT2D eigenvalue weighted by atomic mass is 16.6. The van der Waals surface area contributed by atoms with Gasteiger partial charge in [-0.05, 0) is 89.9 Å². The SMILES string of the molecule is CCC/C=C\C/C=C\CCCCCCCC(=O)OC(COC(=O)CCCCCCC/C=C\CCCC)COC(=O)CCCCCCCCCCCCCCC/C=C\CCCCCCCCCC. The first-order valence-corrected chi connectivity index (χ1v) is 29.1. The molecule has 0 aliphatic carbocycles. The lowest BCUT2D eigenvalue weighted by atomic mass is 10.0. The van der Waals surface area contributed by atoms with Crippen molar-refractivity contribution in [1.29, 1.82) is 0 Å². The molecule has 0 heterocycles. The van der Waals surface area contributed by atoms with E-state index in [0.29, 0.717) is 19.3 Å². The molecule has 0 bridgehead atoms. The van der Waals surface area contributed by atoms with E-state index in [1.807, 2.05) is 0 Å². The molecule has 6 nitrogen and oxygen atoms in total. The molecule has 0 saturated heterocycles. The van der Waals surface area contributed by atoms with Gasteiger partial charge in [-0.15, -0.1) is 0 Å². The quantitative estimate of drug-likeness (QED) is 0.0262. The molecule has 0 aliphatic heterocycles. The Kier molecular flexibility index (Phi) is 53.8. The third-order valence-electron chi connectivity index (χ3n) is 12.8. The molecule has 0 amide bonds. The smallest absolute Gasteiger partial charge is 0.306 e. The van der Waals surface area contributed by atoms with Gasteiger partial charge in [0.05, 0.1) is 0 Å². The minimum atomic E-state index is -0.782. The molecule has 6 heteroatoms. The summed E-state index contributed by atoms with van der Waals surface area (Å²) in [5, 5.41) is 0. The molecular weight excluding hydrogens is 829 g/mol. The minimum absolute atomic E-state index is 0.0799. The topological polar surface area (TPSA) is 78.9 Å². The van der Waals surface area contributed by atoms with Crippen LogP contribution >= 0.6 is 0 Å². The highest BCUT2D eigenvalue weighted by Crippen LogP contribution is 2.16.